The summed E-state index contributed by atoms with van der Waals surface area (Å²) in [6, 6.07) is 12.6. The third-order valence-electron chi connectivity index (χ3n) is 2.81. The van der Waals surface area contributed by atoms with Crippen LogP contribution in [0.2, 0.25) is 0 Å². The van der Waals surface area contributed by atoms with Crippen molar-refractivity contribution in [1.82, 2.24) is 5.32 Å². The van der Waals surface area contributed by atoms with Crippen LogP contribution in [0.15, 0.2) is 42.5 Å². The van der Waals surface area contributed by atoms with Crippen LogP contribution in [0.5, 0.6) is 11.5 Å². The smallest absolute Gasteiger partial charge is 0.167 e. The molecule has 0 heterocycles. The number of rotatable bonds is 6. The van der Waals surface area contributed by atoms with Crippen LogP contribution in [0.4, 0.5) is 4.39 Å². The SMILES string of the molecule is CCCNCc1cccc(F)c1Oc1cccc(I)c1. The maximum absolute atomic E-state index is 14.0. The molecule has 0 aromatic heterocycles. The van der Waals surface area contributed by atoms with Crippen molar-refractivity contribution in [3.05, 3.63) is 57.4 Å². The van der Waals surface area contributed by atoms with Crippen molar-refractivity contribution in [1.29, 1.82) is 0 Å². The summed E-state index contributed by atoms with van der Waals surface area (Å²) >= 11 is 2.21. The number of hydrogen-bond acceptors (Lipinski definition) is 2. The molecule has 0 aliphatic heterocycles. The molecule has 0 atom stereocenters. The molecule has 0 aliphatic rings. The second-order valence-corrected chi connectivity index (χ2v) is 5.71. The van der Waals surface area contributed by atoms with Crippen LogP contribution in [0, 0.1) is 9.39 Å². The highest BCUT2D eigenvalue weighted by Gasteiger charge is 2.10. The van der Waals surface area contributed by atoms with Crippen LogP contribution in [0.1, 0.15) is 18.9 Å². The minimum Gasteiger partial charge on any atom is -0.454 e. The molecule has 0 bridgehead atoms. The fourth-order valence-electron chi connectivity index (χ4n) is 1.86. The number of benzene rings is 2. The van der Waals surface area contributed by atoms with E-state index >= 15 is 0 Å². The largest absolute Gasteiger partial charge is 0.454 e. The molecule has 2 aromatic carbocycles. The molecule has 0 amide bonds. The van der Waals surface area contributed by atoms with Crippen molar-refractivity contribution in [3.8, 4) is 11.5 Å². The highest BCUT2D eigenvalue weighted by molar-refractivity contribution is 14.1. The van der Waals surface area contributed by atoms with Gasteiger partial charge in [-0.05, 0) is 59.8 Å². The van der Waals surface area contributed by atoms with Gasteiger partial charge in [0.1, 0.15) is 5.75 Å². The molecule has 4 heteroatoms. The molecule has 0 fully saturated rings. The lowest BCUT2D eigenvalue weighted by Crippen LogP contribution is -2.14. The Labute approximate surface area is 132 Å². The van der Waals surface area contributed by atoms with Gasteiger partial charge in [-0.3, -0.25) is 0 Å². The van der Waals surface area contributed by atoms with Crippen molar-refractivity contribution < 1.29 is 9.13 Å². The number of nitrogens with one attached hydrogen (secondary N) is 1. The molecule has 2 aromatic rings. The van der Waals surface area contributed by atoms with Crippen molar-refractivity contribution in [2.45, 2.75) is 19.9 Å². The number of para-hydroxylation sites is 1. The quantitative estimate of drug-likeness (QED) is 0.574. The Bertz CT molecular complexity index is 574. The predicted molar refractivity (Wildman–Crippen MR) is 87.6 cm³/mol. The third kappa shape index (κ3) is 4.18. The Balaban J connectivity index is 2.21. The van der Waals surface area contributed by atoms with Crippen LogP contribution in [-0.2, 0) is 6.54 Å². The Morgan fingerprint density at radius 2 is 2.00 bits per heavy atom. The summed E-state index contributed by atoms with van der Waals surface area (Å²) in [7, 11) is 0. The van der Waals surface area contributed by atoms with Gasteiger partial charge in [-0.2, -0.15) is 0 Å². The summed E-state index contributed by atoms with van der Waals surface area (Å²) in [4.78, 5) is 0. The average molecular weight is 385 g/mol. The lowest BCUT2D eigenvalue weighted by molar-refractivity contribution is 0.433. The fraction of sp³-hybridized carbons (Fsp3) is 0.250. The summed E-state index contributed by atoms with van der Waals surface area (Å²) in [6.45, 7) is 3.60. The van der Waals surface area contributed by atoms with Gasteiger partial charge in [0.2, 0.25) is 0 Å². The molecule has 1 N–H and O–H groups in total. The van der Waals surface area contributed by atoms with Crippen LogP contribution < -0.4 is 10.1 Å². The first kappa shape index (κ1) is 15.3. The van der Waals surface area contributed by atoms with Crippen LogP contribution in [0.3, 0.4) is 0 Å². The molecule has 2 rings (SSSR count). The van der Waals surface area contributed by atoms with E-state index in [1.165, 1.54) is 6.07 Å². The first-order valence-corrected chi connectivity index (χ1v) is 7.70. The summed E-state index contributed by atoms with van der Waals surface area (Å²) in [6.07, 6.45) is 1.04. The van der Waals surface area contributed by atoms with Crippen molar-refractivity contribution >= 4 is 22.6 Å². The van der Waals surface area contributed by atoms with Gasteiger partial charge in [0.25, 0.3) is 0 Å². The number of halogens is 2. The number of hydrogen-bond donors (Lipinski definition) is 1. The first-order valence-electron chi connectivity index (χ1n) is 6.62. The lowest BCUT2D eigenvalue weighted by Gasteiger charge is -2.13. The van der Waals surface area contributed by atoms with Crippen molar-refractivity contribution in [2.24, 2.45) is 0 Å². The van der Waals surface area contributed by atoms with Gasteiger partial charge in [0, 0.05) is 15.7 Å². The molecular weight excluding hydrogens is 368 g/mol. The number of ether oxygens (including phenoxy) is 1. The molecule has 0 saturated carbocycles. The maximum Gasteiger partial charge on any atom is 0.167 e. The lowest BCUT2D eigenvalue weighted by atomic mass is 10.2. The second kappa shape index (κ2) is 7.59. The van der Waals surface area contributed by atoms with E-state index in [0.29, 0.717) is 18.0 Å². The Morgan fingerprint density at radius 1 is 1.20 bits per heavy atom. The minimum atomic E-state index is -0.334. The highest BCUT2D eigenvalue weighted by Crippen LogP contribution is 2.29. The zero-order valence-electron chi connectivity index (χ0n) is 11.3. The summed E-state index contributed by atoms with van der Waals surface area (Å²) in [5, 5.41) is 3.27. The Kier molecular flexibility index (Phi) is 5.79. The predicted octanol–water partition coefficient (Wildman–Crippen LogP) is 4.72. The first-order chi connectivity index (χ1) is 9.70. The van der Waals surface area contributed by atoms with E-state index in [9.17, 15) is 4.39 Å². The van der Waals surface area contributed by atoms with Gasteiger partial charge >= 0.3 is 0 Å². The molecule has 0 aliphatic carbocycles. The molecule has 0 spiro atoms. The zero-order valence-corrected chi connectivity index (χ0v) is 13.5. The van der Waals surface area contributed by atoms with E-state index in [0.717, 1.165) is 22.1 Å². The Hall–Kier alpha value is -1.14. The molecule has 0 unspecified atom stereocenters. The molecular formula is C16H17FINO. The minimum absolute atomic E-state index is 0.304. The van der Waals surface area contributed by atoms with Gasteiger partial charge < -0.3 is 10.1 Å². The molecule has 2 nitrogen and oxygen atoms in total. The van der Waals surface area contributed by atoms with E-state index in [1.54, 1.807) is 6.07 Å². The topological polar surface area (TPSA) is 21.3 Å². The third-order valence-corrected chi connectivity index (χ3v) is 3.48. The standard InChI is InChI=1S/C16H17FINO/c1-2-9-19-11-12-5-3-8-15(17)16(12)20-14-7-4-6-13(18)10-14/h3-8,10,19H,2,9,11H2,1H3. The summed E-state index contributed by atoms with van der Waals surface area (Å²) in [5.74, 6) is 0.622. The van der Waals surface area contributed by atoms with Crippen LogP contribution >= 0.6 is 22.6 Å². The van der Waals surface area contributed by atoms with Gasteiger partial charge in [-0.25, -0.2) is 4.39 Å². The van der Waals surface area contributed by atoms with Crippen LogP contribution in [-0.4, -0.2) is 6.54 Å². The van der Waals surface area contributed by atoms with E-state index in [4.69, 9.17) is 4.74 Å². The molecule has 20 heavy (non-hydrogen) atoms. The van der Waals surface area contributed by atoms with Crippen molar-refractivity contribution in [2.75, 3.05) is 6.54 Å². The molecule has 106 valence electrons. The second-order valence-electron chi connectivity index (χ2n) is 4.46. The van der Waals surface area contributed by atoms with Gasteiger partial charge in [0.05, 0.1) is 0 Å². The van der Waals surface area contributed by atoms with E-state index in [2.05, 4.69) is 34.8 Å². The average Bonchev–Trinajstić information content (AvgIpc) is 2.43. The normalized spacial score (nSPS) is 10.6. The molecule has 0 radical (unpaired) electrons. The molecule has 0 saturated heterocycles. The highest BCUT2D eigenvalue weighted by atomic mass is 127. The van der Waals surface area contributed by atoms with Gasteiger partial charge in [-0.1, -0.05) is 25.1 Å². The Morgan fingerprint density at radius 3 is 2.75 bits per heavy atom. The maximum atomic E-state index is 14.0. The van der Waals surface area contributed by atoms with E-state index in [1.807, 2.05) is 30.3 Å². The van der Waals surface area contributed by atoms with E-state index in [-0.39, 0.29) is 5.82 Å². The summed E-state index contributed by atoms with van der Waals surface area (Å²) in [5.41, 5.74) is 0.831. The fourth-order valence-corrected chi connectivity index (χ4v) is 2.37. The van der Waals surface area contributed by atoms with Gasteiger partial charge in [0.15, 0.2) is 11.6 Å². The van der Waals surface area contributed by atoms with Gasteiger partial charge in [-0.15, -0.1) is 0 Å². The van der Waals surface area contributed by atoms with Crippen LogP contribution in [0.25, 0.3) is 0 Å². The van der Waals surface area contributed by atoms with E-state index < -0.39 is 0 Å². The summed E-state index contributed by atoms with van der Waals surface area (Å²) < 4.78 is 20.8. The zero-order chi connectivity index (χ0) is 14.4. The monoisotopic (exact) mass is 385 g/mol. The van der Waals surface area contributed by atoms with Crippen molar-refractivity contribution in [3.63, 3.8) is 0 Å².